The summed E-state index contributed by atoms with van der Waals surface area (Å²) >= 11 is 0. The van der Waals surface area contributed by atoms with Crippen molar-refractivity contribution in [2.24, 2.45) is 0 Å². The Morgan fingerprint density at radius 2 is 1.39 bits per heavy atom. The van der Waals surface area contributed by atoms with Crippen LogP contribution in [0.2, 0.25) is 0 Å². The summed E-state index contributed by atoms with van der Waals surface area (Å²) in [5, 5.41) is 5.49. The van der Waals surface area contributed by atoms with Crippen LogP contribution in [0.5, 0.6) is 5.75 Å². The molecule has 0 spiro atoms. The number of anilines is 1. The van der Waals surface area contributed by atoms with Gasteiger partial charge in [0.25, 0.3) is 0 Å². The predicted octanol–water partition coefficient (Wildman–Crippen LogP) is 5.47. The number of methoxy groups -OCH3 is 1. The number of esters is 5. The summed E-state index contributed by atoms with van der Waals surface area (Å²) in [6.45, 7) is 9.67. The molecule has 18 heteroatoms. The van der Waals surface area contributed by atoms with Crippen LogP contribution in [-0.2, 0) is 68.5 Å². The molecule has 2 aliphatic heterocycles. The van der Waals surface area contributed by atoms with Gasteiger partial charge < -0.3 is 53.0 Å². The van der Waals surface area contributed by atoms with Crippen LogP contribution in [0, 0.1) is 0 Å². The number of likely N-dealkylation sites (tertiary alicyclic amines) is 1. The number of benzene rings is 3. The molecule has 3 aromatic rings. The van der Waals surface area contributed by atoms with Gasteiger partial charge in [-0.3, -0.25) is 19.2 Å². The molecule has 6 rings (SSSR count). The zero-order valence-corrected chi connectivity index (χ0v) is 39.1. The molecule has 2 amide bonds. The number of nitrogens with zero attached hydrogens (tertiary/aromatic N) is 1. The van der Waals surface area contributed by atoms with Crippen molar-refractivity contribution >= 4 is 47.5 Å². The van der Waals surface area contributed by atoms with Crippen LogP contribution in [0.15, 0.2) is 66.7 Å². The fraction of sp³-hybridized carbons (Fsp3) is 0.490. The van der Waals surface area contributed by atoms with Crippen molar-refractivity contribution in [2.75, 3.05) is 39.2 Å². The highest BCUT2D eigenvalue weighted by atomic mass is 16.7. The van der Waals surface area contributed by atoms with Gasteiger partial charge in [-0.2, -0.15) is 0 Å². The molecule has 2 saturated heterocycles. The van der Waals surface area contributed by atoms with E-state index < -0.39 is 78.2 Å². The summed E-state index contributed by atoms with van der Waals surface area (Å²) < 4.78 is 45.5. The molecule has 7 atom stereocenters. The second kappa shape index (κ2) is 21.4. The van der Waals surface area contributed by atoms with Crippen LogP contribution < -0.4 is 15.4 Å². The molecule has 2 N–H and O–H groups in total. The molecule has 1 aliphatic carbocycles. The number of fused-ring (bicyclic) bond motifs is 3. The fourth-order valence-corrected chi connectivity index (χ4v) is 8.94. The van der Waals surface area contributed by atoms with Gasteiger partial charge >= 0.3 is 35.9 Å². The molecular formula is C49H60N3O15+. The van der Waals surface area contributed by atoms with Gasteiger partial charge in [0.15, 0.2) is 24.4 Å². The molecule has 3 aromatic carbocycles. The highest BCUT2D eigenvalue weighted by Crippen LogP contribution is 2.44. The Morgan fingerprint density at radius 1 is 0.776 bits per heavy atom. The minimum absolute atomic E-state index is 0.0372. The van der Waals surface area contributed by atoms with Crippen LogP contribution >= 0.6 is 0 Å². The van der Waals surface area contributed by atoms with Crippen molar-refractivity contribution in [1.29, 1.82) is 0 Å². The average molecular weight is 931 g/mol. The van der Waals surface area contributed by atoms with E-state index in [0.29, 0.717) is 29.6 Å². The topological polar surface area (TPSA) is 217 Å². The molecule has 18 nitrogen and oxygen atoms in total. The van der Waals surface area contributed by atoms with Gasteiger partial charge in [-0.25, -0.2) is 14.4 Å². The number of ether oxygens (including phenoxy) is 8. The minimum atomic E-state index is -1.73. The smallest absolute Gasteiger partial charge is 0.407 e. The van der Waals surface area contributed by atoms with Crippen molar-refractivity contribution in [3.63, 3.8) is 0 Å². The molecular weight excluding hydrogens is 871 g/mol. The summed E-state index contributed by atoms with van der Waals surface area (Å²) in [7, 11) is 3.05. The van der Waals surface area contributed by atoms with E-state index in [9.17, 15) is 33.6 Å². The van der Waals surface area contributed by atoms with E-state index in [1.807, 2.05) is 76.3 Å². The number of nitrogens with one attached hydrogen (secondary N) is 2. The summed E-state index contributed by atoms with van der Waals surface area (Å²) in [5.74, 6) is -4.67. The van der Waals surface area contributed by atoms with Crippen molar-refractivity contribution in [3.05, 3.63) is 83.4 Å². The summed E-state index contributed by atoms with van der Waals surface area (Å²) in [5.41, 5.74) is 4.38. The summed E-state index contributed by atoms with van der Waals surface area (Å²) in [6, 6.07) is 20.4. The zero-order valence-electron chi connectivity index (χ0n) is 39.1. The van der Waals surface area contributed by atoms with E-state index in [2.05, 4.69) is 10.6 Å². The van der Waals surface area contributed by atoms with Gasteiger partial charge in [0.05, 0.1) is 26.4 Å². The Balaban J connectivity index is 1.24. The van der Waals surface area contributed by atoms with E-state index in [-0.39, 0.29) is 42.9 Å². The SMILES string of the molecule is COC(=O)[C@H]1O[C@@H](Oc2ccc(C[N+]3(C)CCCC[C@@H]3C(=O)OC(C)(C)C)cc2NC(=O)CCNC(=O)OCC2c3ccccc3-c3ccccc32)[C@@H](OC(C)=O)[C@H](OC(C)=O)[C@@H]1OC(C)=O. The van der Waals surface area contributed by atoms with Gasteiger partial charge in [-0.05, 0) is 74.1 Å². The van der Waals surface area contributed by atoms with Gasteiger partial charge in [-0.1, -0.05) is 48.5 Å². The van der Waals surface area contributed by atoms with Gasteiger partial charge in [0.2, 0.25) is 18.3 Å². The Labute approximate surface area is 389 Å². The Kier molecular flexibility index (Phi) is 15.9. The number of hydrogen-bond acceptors (Lipinski definition) is 15. The number of quaternary nitrogens is 1. The van der Waals surface area contributed by atoms with Crippen molar-refractivity contribution in [3.8, 4) is 16.9 Å². The quantitative estimate of drug-likeness (QED) is 0.110. The van der Waals surface area contributed by atoms with Crippen molar-refractivity contribution in [2.45, 2.75) is 122 Å². The van der Waals surface area contributed by atoms with Crippen LogP contribution in [0.1, 0.15) is 89.8 Å². The van der Waals surface area contributed by atoms with Crippen LogP contribution in [-0.4, -0.2) is 123 Å². The lowest BCUT2D eigenvalue weighted by Gasteiger charge is -2.44. The van der Waals surface area contributed by atoms with E-state index in [0.717, 1.165) is 63.0 Å². The van der Waals surface area contributed by atoms with Gasteiger partial charge in [0.1, 0.15) is 24.5 Å². The number of carbonyl (C=O) groups excluding carboxylic acids is 7. The third kappa shape index (κ3) is 12.5. The molecule has 360 valence electrons. The molecule has 0 aromatic heterocycles. The first kappa shape index (κ1) is 49.9. The van der Waals surface area contributed by atoms with E-state index in [1.54, 1.807) is 12.1 Å². The fourth-order valence-electron chi connectivity index (χ4n) is 8.94. The molecule has 0 saturated carbocycles. The molecule has 2 fully saturated rings. The summed E-state index contributed by atoms with van der Waals surface area (Å²) in [4.78, 5) is 90.6. The Bertz CT molecular complexity index is 2300. The zero-order chi connectivity index (χ0) is 48.6. The van der Waals surface area contributed by atoms with Gasteiger partial charge in [0, 0.05) is 51.6 Å². The monoisotopic (exact) mass is 930 g/mol. The third-order valence-corrected chi connectivity index (χ3v) is 11.7. The lowest BCUT2D eigenvalue weighted by molar-refractivity contribution is -0.942. The van der Waals surface area contributed by atoms with Crippen LogP contribution in [0.3, 0.4) is 0 Å². The highest BCUT2D eigenvalue weighted by Gasteiger charge is 2.56. The molecule has 67 heavy (non-hydrogen) atoms. The maximum Gasteiger partial charge on any atom is 0.407 e. The Hall–Kier alpha value is -6.53. The maximum absolute atomic E-state index is 13.7. The molecule has 3 aliphatic rings. The van der Waals surface area contributed by atoms with E-state index >= 15 is 0 Å². The number of likely N-dealkylation sites (N-methyl/N-ethyl adjacent to an activating group) is 1. The standard InChI is InChI=1S/C49H59N3O15/c1-28(53)62-41-42(63-29(2)54)44(64-30(3)55)47(66-43(41)46(58)60-8)65-39-21-20-31(26-52(7)24-14-13-19-38(52)45(57)67-49(4,5)6)25-37(39)51-40(56)22-23-50-48(59)61-27-36-34-17-11-9-15-32(34)33-16-10-12-18-35(33)36/h9-12,15-18,20-21,25,36,38,41-44,47H,13-14,19,22-24,26-27H2,1-8H3,(H-,50,51,56,59)/p+1/t38-,41+,42-,43+,44+,47-,52?/m1/s1. The molecule has 0 bridgehead atoms. The molecule has 0 radical (unpaired) electrons. The number of alkyl carbamates (subject to hydrolysis) is 1. The number of rotatable bonds is 15. The number of piperidine rings is 1. The minimum Gasteiger partial charge on any atom is -0.467 e. The van der Waals surface area contributed by atoms with E-state index in [4.69, 9.17) is 37.9 Å². The second-order valence-corrected chi connectivity index (χ2v) is 18.1. The van der Waals surface area contributed by atoms with Crippen molar-refractivity contribution < 1.29 is 75.9 Å². The second-order valence-electron chi connectivity index (χ2n) is 18.1. The lowest BCUT2D eigenvalue weighted by Crippen LogP contribution is -2.64. The first-order valence-corrected chi connectivity index (χ1v) is 22.3. The lowest BCUT2D eigenvalue weighted by atomic mass is 9.97. The summed E-state index contributed by atoms with van der Waals surface area (Å²) in [6.07, 6.45) is -6.91. The predicted molar refractivity (Wildman–Crippen MR) is 239 cm³/mol. The van der Waals surface area contributed by atoms with Crippen molar-refractivity contribution in [1.82, 2.24) is 5.32 Å². The maximum atomic E-state index is 13.7. The normalized spacial score (nSPS) is 23.3. The highest BCUT2D eigenvalue weighted by molar-refractivity contribution is 5.92. The number of carbonyl (C=O) groups is 7. The largest absolute Gasteiger partial charge is 0.467 e. The number of hydrogen-bond donors (Lipinski definition) is 2. The Morgan fingerprint density at radius 3 is 2.00 bits per heavy atom. The van der Waals surface area contributed by atoms with Gasteiger partial charge in [-0.15, -0.1) is 0 Å². The first-order valence-electron chi connectivity index (χ1n) is 22.3. The van der Waals surface area contributed by atoms with Crippen LogP contribution in [0.4, 0.5) is 10.5 Å². The number of amides is 2. The molecule has 1 unspecified atom stereocenters. The van der Waals surface area contributed by atoms with Crippen LogP contribution in [0.25, 0.3) is 11.1 Å². The van der Waals surface area contributed by atoms with E-state index in [1.165, 1.54) is 6.07 Å². The molecule has 2 heterocycles. The average Bonchev–Trinajstić information content (AvgIpc) is 3.57. The third-order valence-electron chi connectivity index (χ3n) is 11.7. The first-order chi connectivity index (χ1) is 31.8.